The van der Waals surface area contributed by atoms with Gasteiger partial charge in [0.15, 0.2) is 11.6 Å². The molecule has 2 fully saturated rings. The first-order chi connectivity index (χ1) is 12.1. The van der Waals surface area contributed by atoms with Crippen molar-refractivity contribution in [2.45, 2.75) is 38.5 Å². The van der Waals surface area contributed by atoms with Gasteiger partial charge in [-0.15, -0.1) is 0 Å². The average molecular weight is 348 g/mol. The fourth-order valence-electron chi connectivity index (χ4n) is 3.89. The Morgan fingerprint density at radius 1 is 1.12 bits per heavy atom. The lowest BCUT2D eigenvalue weighted by Gasteiger charge is -2.32. The van der Waals surface area contributed by atoms with Crippen LogP contribution in [0.25, 0.3) is 0 Å². The predicted molar refractivity (Wildman–Crippen MR) is 92.8 cm³/mol. The SMILES string of the molecule is COc1ccc(NC(=O)[C@@H]2CCCC[C@H]2C(=O)N2CCCC2)cc1F. The number of likely N-dealkylation sites (tertiary alicyclic amines) is 1. The van der Waals surface area contributed by atoms with Crippen molar-refractivity contribution < 1.29 is 18.7 Å². The Kier molecular flexibility index (Phi) is 5.56. The number of carbonyl (C=O) groups excluding carboxylic acids is 2. The summed E-state index contributed by atoms with van der Waals surface area (Å²) in [7, 11) is 1.40. The molecule has 1 saturated carbocycles. The molecule has 0 spiro atoms. The van der Waals surface area contributed by atoms with Gasteiger partial charge in [0.2, 0.25) is 11.8 Å². The predicted octanol–water partition coefficient (Wildman–Crippen LogP) is 3.20. The number of methoxy groups -OCH3 is 1. The standard InChI is InChI=1S/C19H25FN2O3/c1-25-17-9-8-13(12-16(17)20)21-18(23)14-6-2-3-7-15(14)19(24)22-10-4-5-11-22/h8-9,12,14-15H,2-7,10-11H2,1H3,(H,21,23)/t14-,15-/m1/s1. The monoisotopic (exact) mass is 348 g/mol. The molecule has 3 rings (SSSR count). The number of hydrogen-bond acceptors (Lipinski definition) is 3. The van der Waals surface area contributed by atoms with E-state index >= 15 is 0 Å². The molecule has 1 aromatic carbocycles. The Hall–Kier alpha value is -2.11. The smallest absolute Gasteiger partial charge is 0.228 e. The van der Waals surface area contributed by atoms with Gasteiger partial charge in [-0.1, -0.05) is 12.8 Å². The lowest BCUT2D eigenvalue weighted by Crippen LogP contribution is -2.42. The van der Waals surface area contributed by atoms with Crippen LogP contribution in [-0.4, -0.2) is 36.9 Å². The lowest BCUT2D eigenvalue weighted by molar-refractivity contribution is -0.141. The number of ether oxygens (including phenoxy) is 1. The van der Waals surface area contributed by atoms with Gasteiger partial charge in [0.05, 0.1) is 7.11 Å². The lowest BCUT2D eigenvalue weighted by atomic mass is 9.77. The number of nitrogens with one attached hydrogen (secondary N) is 1. The Morgan fingerprint density at radius 2 is 1.80 bits per heavy atom. The van der Waals surface area contributed by atoms with E-state index in [4.69, 9.17) is 4.74 Å². The van der Waals surface area contributed by atoms with E-state index in [9.17, 15) is 14.0 Å². The van der Waals surface area contributed by atoms with Crippen LogP contribution in [0.2, 0.25) is 0 Å². The summed E-state index contributed by atoms with van der Waals surface area (Å²) >= 11 is 0. The minimum atomic E-state index is -0.520. The highest BCUT2D eigenvalue weighted by atomic mass is 19.1. The highest BCUT2D eigenvalue weighted by Crippen LogP contribution is 2.33. The van der Waals surface area contributed by atoms with Crippen LogP contribution in [0, 0.1) is 17.7 Å². The normalized spacial score (nSPS) is 23.4. The van der Waals surface area contributed by atoms with E-state index in [0.717, 1.165) is 45.2 Å². The van der Waals surface area contributed by atoms with E-state index in [1.807, 2.05) is 4.90 Å². The van der Waals surface area contributed by atoms with Crippen LogP contribution in [0.3, 0.4) is 0 Å². The summed E-state index contributed by atoms with van der Waals surface area (Å²) in [6.07, 6.45) is 5.46. The Bertz CT molecular complexity index is 644. The molecule has 1 aromatic rings. The first-order valence-electron chi connectivity index (χ1n) is 9.03. The first-order valence-corrected chi connectivity index (χ1v) is 9.03. The van der Waals surface area contributed by atoms with Gasteiger partial charge in [-0.3, -0.25) is 9.59 Å². The highest BCUT2D eigenvalue weighted by molar-refractivity contribution is 5.96. The summed E-state index contributed by atoms with van der Waals surface area (Å²) in [6, 6.07) is 4.34. The highest BCUT2D eigenvalue weighted by Gasteiger charge is 2.38. The van der Waals surface area contributed by atoms with Gasteiger partial charge in [0.25, 0.3) is 0 Å². The molecule has 1 aliphatic carbocycles. The molecule has 1 heterocycles. The number of amides is 2. The van der Waals surface area contributed by atoms with Crippen molar-refractivity contribution in [1.82, 2.24) is 4.90 Å². The van der Waals surface area contributed by atoms with Crippen LogP contribution in [0.5, 0.6) is 5.75 Å². The van der Waals surface area contributed by atoms with E-state index in [0.29, 0.717) is 12.1 Å². The number of anilines is 1. The van der Waals surface area contributed by atoms with Crippen molar-refractivity contribution in [2.75, 3.05) is 25.5 Å². The van der Waals surface area contributed by atoms with Crippen LogP contribution in [0.15, 0.2) is 18.2 Å². The minimum Gasteiger partial charge on any atom is -0.494 e. The van der Waals surface area contributed by atoms with Gasteiger partial charge >= 0.3 is 0 Å². The number of nitrogens with zero attached hydrogens (tertiary/aromatic N) is 1. The molecule has 136 valence electrons. The molecule has 2 atom stereocenters. The summed E-state index contributed by atoms with van der Waals surface area (Å²) in [6.45, 7) is 1.60. The van der Waals surface area contributed by atoms with Crippen LogP contribution >= 0.6 is 0 Å². The van der Waals surface area contributed by atoms with Gasteiger partial charge in [0.1, 0.15) is 0 Å². The molecular weight excluding hydrogens is 323 g/mol. The second-order valence-electron chi connectivity index (χ2n) is 6.87. The maximum atomic E-state index is 13.8. The van der Waals surface area contributed by atoms with Crippen molar-refractivity contribution in [3.63, 3.8) is 0 Å². The molecule has 1 aliphatic heterocycles. The molecule has 2 aliphatic rings. The maximum Gasteiger partial charge on any atom is 0.228 e. The molecule has 0 aromatic heterocycles. The molecule has 0 radical (unpaired) electrons. The van der Waals surface area contributed by atoms with Gasteiger partial charge in [-0.05, 0) is 37.8 Å². The summed E-state index contributed by atoms with van der Waals surface area (Å²) in [5.74, 6) is -1.06. The van der Waals surface area contributed by atoms with Crippen LogP contribution < -0.4 is 10.1 Å². The van der Waals surface area contributed by atoms with Crippen LogP contribution in [0.1, 0.15) is 38.5 Å². The largest absolute Gasteiger partial charge is 0.494 e. The summed E-state index contributed by atoms with van der Waals surface area (Å²) < 4.78 is 18.7. The van der Waals surface area contributed by atoms with E-state index in [2.05, 4.69) is 5.32 Å². The molecule has 1 saturated heterocycles. The van der Waals surface area contributed by atoms with Crippen molar-refractivity contribution in [3.8, 4) is 5.75 Å². The number of benzene rings is 1. The zero-order chi connectivity index (χ0) is 17.8. The van der Waals surface area contributed by atoms with Crippen LogP contribution in [0.4, 0.5) is 10.1 Å². The van der Waals surface area contributed by atoms with Gasteiger partial charge < -0.3 is 15.0 Å². The van der Waals surface area contributed by atoms with E-state index in [-0.39, 0.29) is 29.4 Å². The van der Waals surface area contributed by atoms with E-state index in [1.165, 1.54) is 19.2 Å². The fourth-order valence-corrected chi connectivity index (χ4v) is 3.89. The number of hydrogen-bond donors (Lipinski definition) is 1. The number of carbonyl (C=O) groups is 2. The Morgan fingerprint density at radius 3 is 2.44 bits per heavy atom. The maximum absolute atomic E-state index is 13.8. The fraction of sp³-hybridized carbons (Fsp3) is 0.579. The number of rotatable bonds is 4. The molecule has 6 heteroatoms. The molecule has 25 heavy (non-hydrogen) atoms. The summed E-state index contributed by atoms with van der Waals surface area (Å²) in [4.78, 5) is 27.4. The van der Waals surface area contributed by atoms with Crippen molar-refractivity contribution in [3.05, 3.63) is 24.0 Å². The molecule has 0 unspecified atom stereocenters. The zero-order valence-corrected chi connectivity index (χ0v) is 14.6. The summed E-state index contributed by atoms with van der Waals surface area (Å²) in [5, 5.41) is 2.77. The van der Waals surface area contributed by atoms with Crippen LogP contribution in [-0.2, 0) is 9.59 Å². The first kappa shape index (κ1) is 17.7. The van der Waals surface area contributed by atoms with Crippen molar-refractivity contribution >= 4 is 17.5 Å². The van der Waals surface area contributed by atoms with E-state index < -0.39 is 5.82 Å². The third kappa shape index (κ3) is 3.94. The van der Waals surface area contributed by atoms with Crippen molar-refractivity contribution in [1.29, 1.82) is 0 Å². The van der Waals surface area contributed by atoms with E-state index in [1.54, 1.807) is 6.07 Å². The average Bonchev–Trinajstić information content (AvgIpc) is 3.16. The Balaban J connectivity index is 1.70. The second kappa shape index (κ2) is 7.85. The Labute approximate surface area is 147 Å². The minimum absolute atomic E-state index is 0.110. The molecule has 0 bridgehead atoms. The second-order valence-corrected chi connectivity index (χ2v) is 6.87. The summed E-state index contributed by atoms with van der Waals surface area (Å²) in [5.41, 5.74) is 0.390. The molecule has 5 nitrogen and oxygen atoms in total. The van der Waals surface area contributed by atoms with Gasteiger partial charge in [0, 0.05) is 36.7 Å². The molecule has 2 amide bonds. The van der Waals surface area contributed by atoms with Crippen molar-refractivity contribution in [2.24, 2.45) is 11.8 Å². The topological polar surface area (TPSA) is 58.6 Å². The third-order valence-electron chi connectivity index (χ3n) is 5.26. The number of halogens is 1. The van der Waals surface area contributed by atoms with Gasteiger partial charge in [-0.25, -0.2) is 4.39 Å². The van der Waals surface area contributed by atoms with Gasteiger partial charge in [-0.2, -0.15) is 0 Å². The molecule has 1 N–H and O–H groups in total. The zero-order valence-electron chi connectivity index (χ0n) is 14.6. The third-order valence-corrected chi connectivity index (χ3v) is 5.26. The quantitative estimate of drug-likeness (QED) is 0.909. The molecular formula is C19H25FN2O3.